The van der Waals surface area contributed by atoms with Crippen molar-refractivity contribution in [3.05, 3.63) is 77.2 Å². The van der Waals surface area contributed by atoms with Gasteiger partial charge in [0.05, 0.1) is 0 Å². The average molecular weight is 303 g/mol. The normalized spacial score (nSPS) is 11.1. The van der Waals surface area contributed by atoms with E-state index in [1.165, 1.54) is 0 Å². The zero-order valence-electron chi connectivity index (χ0n) is 12.3. The highest BCUT2D eigenvalue weighted by Gasteiger charge is 2.15. The van der Waals surface area contributed by atoms with E-state index in [-0.39, 0.29) is 5.89 Å². The van der Waals surface area contributed by atoms with E-state index < -0.39 is 5.63 Å². The Morgan fingerprint density at radius 2 is 1.96 bits per heavy atom. The number of fused-ring (bicyclic) bond motifs is 2. The molecule has 0 aliphatic carbocycles. The fourth-order valence-corrected chi connectivity index (χ4v) is 2.66. The predicted molar refractivity (Wildman–Crippen MR) is 89.4 cm³/mol. The van der Waals surface area contributed by atoms with Crippen molar-refractivity contribution >= 4 is 22.1 Å². The van der Waals surface area contributed by atoms with Gasteiger partial charge in [-0.05, 0) is 30.2 Å². The fourth-order valence-electron chi connectivity index (χ4n) is 2.66. The molecule has 0 spiro atoms. The molecule has 0 bridgehead atoms. The number of nitrogens with zero attached hydrogens (tertiary/aromatic N) is 1. The first-order chi connectivity index (χ1) is 11.3. The summed E-state index contributed by atoms with van der Waals surface area (Å²) in [6.45, 7) is 3.73. The molecule has 2 heterocycles. The second-order valence-corrected chi connectivity index (χ2v) is 5.26. The Kier molecular flexibility index (Phi) is 3.08. The number of para-hydroxylation sites is 3. The highest BCUT2D eigenvalue weighted by Crippen LogP contribution is 2.26. The number of benzene rings is 2. The van der Waals surface area contributed by atoms with Crippen molar-refractivity contribution in [1.82, 2.24) is 4.98 Å². The van der Waals surface area contributed by atoms with E-state index in [4.69, 9.17) is 8.83 Å². The minimum atomic E-state index is -0.458. The van der Waals surface area contributed by atoms with Gasteiger partial charge in [-0.25, -0.2) is 9.78 Å². The summed E-state index contributed by atoms with van der Waals surface area (Å²) in [4.78, 5) is 16.7. The molecule has 2 aromatic carbocycles. The van der Waals surface area contributed by atoms with Gasteiger partial charge in [-0.2, -0.15) is 0 Å². The first-order valence-electron chi connectivity index (χ1n) is 7.29. The maximum Gasteiger partial charge on any atom is 0.349 e. The van der Waals surface area contributed by atoms with Gasteiger partial charge in [0.1, 0.15) is 16.7 Å². The number of hydrogen-bond donors (Lipinski definition) is 0. The van der Waals surface area contributed by atoms with Crippen LogP contribution in [0.25, 0.3) is 33.5 Å². The van der Waals surface area contributed by atoms with Crippen molar-refractivity contribution in [3.63, 3.8) is 0 Å². The molecule has 23 heavy (non-hydrogen) atoms. The number of rotatable bonds is 3. The molecule has 4 nitrogen and oxygen atoms in total. The summed E-state index contributed by atoms with van der Waals surface area (Å²) in [5.74, 6) is 0.274. The summed E-state index contributed by atoms with van der Waals surface area (Å²) < 4.78 is 11.2. The van der Waals surface area contributed by atoms with Crippen LogP contribution in [-0.2, 0) is 6.42 Å². The third-order valence-electron chi connectivity index (χ3n) is 3.73. The first-order valence-corrected chi connectivity index (χ1v) is 7.29. The molecule has 4 rings (SSSR count). The van der Waals surface area contributed by atoms with Gasteiger partial charge in [0, 0.05) is 5.39 Å². The minimum Gasteiger partial charge on any atom is -0.436 e. The van der Waals surface area contributed by atoms with Crippen molar-refractivity contribution in [2.45, 2.75) is 6.42 Å². The van der Waals surface area contributed by atoms with Crippen molar-refractivity contribution in [2.75, 3.05) is 0 Å². The average Bonchev–Trinajstić information content (AvgIpc) is 2.99. The summed E-state index contributed by atoms with van der Waals surface area (Å²) >= 11 is 0. The Bertz CT molecular complexity index is 1060. The Hall–Kier alpha value is -3.14. The van der Waals surface area contributed by atoms with Gasteiger partial charge in [0.2, 0.25) is 5.89 Å². The van der Waals surface area contributed by atoms with E-state index in [2.05, 4.69) is 11.6 Å². The second-order valence-electron chi connectivity index (χ2n) is 5.26. The molecule has 0 aliphatic heterocycles. The Balaban J connectivity index is 1.95. The van der Waals surface area contributed by atoms with Crippen LogP contribution in [0.1, 0.15) is 5.56 Å². The van der Waals surface area contributed by atoms with Crippen molar-refractivity contribution in [3.8, 4) is 11.5 Å². The Morgan fingerprint density at radius 1 is 1.09 bits per heavy atom. The molecule has 4 heteroatoms. The quantitative estimate of drug-likeness (QED) is 0.417. The van der Waals surface area contributed by atoms with Crippen LogP contribution in [0.3, 0.4) is 0 Å². The van der Waals surface area contributed by atoms with Crippen LogP contribution in [0.2, 0.25) is 0 Å². The van der Waals surface area contributed by atoms with Gasteiger partial charge in [-0.1, -0.05) is 36.4 Å². The van der Waals surface area contributed by atoms with Crippen LogP contribution < -0.4 is 5.63 Å². The zero-order chi connectivity index (χ0) is 15.8. The lowest BCUT2D eigenvalue weighted by Crippen LogP contribution is -2.03. The van der Waals surface area contributed by atoms with Crippen molar-refractivity contribution in [1.29, 1.82) is 0 Å². The molecule has 0 N–H and O–H groups in total. The maximum absolute atomic E-state index is 12.4. The SMILES string of the molecule is C=CCc1cccc2cc(-c3nc4ccccc4o3)c(=O)oc12. The van der Waals surface area contributed by atoms with Gasteiger partial charge in [-0.3, -0.25) is 0 Å². The molecule has 0 saturated heterocycles. The van der Waals surface area contributed by atoms with E-state index in [9.17, 15) is 4.79 Å². The minimum absolute atomic E-state index is 0.274. The fraction of sp³-hybridized carbons (Fsp3) is 0.0526. The highest BCUT2D eigenvalue weighted by atomic mass is 16.4. The zero-order valence-corrected chi connectivity index (χ0v) is 12.3. The van der Waals surface area contributed by atoms with Gasteiger partial charge in [-0.15, -0.1) is 6.58 Å². The molecule has 0 saturated carbocycles. The van der Waals surface area contributed by atoms with Gasteiger partial charge in [0.15, 0.2) is 5.58 Å². The highest BCUT2D eigenvalue weighted by molar-refractivity contribution is 5.84. The van der Waals surface area contributed by atoms with Crippen LogP contribution in [0.15, 0.2) is 74.8 Å². The third-order valence-corrected chi connectivity index (χ3v) is 3.73. The van der Waals surface area contributed by atoms with E-state index in [1.807, 2.05) is 42.5 Å². The molecule has 112 valence electrons. The molecule has 0 amide bonds. The smallest absolute Gasteiger partial charge is 0.349 e. The van der Waals surface area contributed by atoms with Crippen LogP contribution in [0.5, 0.6) is 0 Å². The molecule has 0 aliphatic rings. The Labute approximate surface area is 131 Å². The van der Waals surface area contributed by atoms with Gasteiger partial charge >= 0.3 is 5.63 Å². The molecule has 0 radical (unpaired) electrons. The number of aromatic nitrogens is 1. The van der Waals surface area contributed by atoms with Crippen LogP contribution in [-0.4, -0.2) is 4.98 Å². The molecule has 4 aromatic rings. The summed E-state index contributed by atoms with van der Waals surface area (Å²) in [6.07, 6.45) is 2.42. The Morgan fingerprint density at radius 3 is 2.78 bits per heavy atom. The predicted octanol–water partition coefficient (Wildman–Crippen LogP) is 4.33. The molecule has 0 fully saturated rings. The standard InChI is InChI=1S/C19H13NO3/c1-2-6-12-7-5-8-13-11-14(19(21)23-17(12)13)18-20-15-9-3-4-10-16(15)22-18/h2-5,7-11H,1,6H2. The summed E-state index contributed by atoms with van der Waals surface area (Å²) in [7, 11) is 0. The molecule has 0 unspecified atom stereocenters. The lowest BCUT2D eigenvalue weighted by Gasteiger charge is -2.03. The first kappa shape index (κ1) is 13.5. The number of hydrogen-bond acceptors (Lipinski definition) is 4. The van der Waals surface area contributed by atoms with Gasteiger partial charge in [0.25, 0.3) is 0 Å². The topological polar surface area (TPSA) is 56.2 Å². The monoisotopic (exact) mass is 303 g/mol. The largest absolute Gasteiger partial charge is 0.436 e. The van der Waals surface area contributed by atoms with Crippen LogP contribution in [0.4, 0.5) is 0 Å². The number of oxazole rings is 1. The van der Waals surface area contributed by atoms with Crippen LogP contribution >= 0.6 is 0 Å². The summed E-state index contributed by atoms with van der Waals surface area (Å²) in [5, 5.41) is 0.834. The van der Waals surface area contributed by atoms with E-state index in [1.54, 1.807) is 12.1 Å². The molecular formula is C19H13NO3. The lowest BCUT2D eigenvalue weighted by atomic mass is 10.1. The molecular weight excluding hydrogens is 290 g/mol. The van der Waals surface area contributed by atoms with Crippen molar-refractivity contribution < 1.29 is 8.83 Å². The van der Waals surface area contributed by atoms with E-state index in [0.29, 0.717) is 28.7 Å². The van der Waals surface area contributed by atoms with Gasteiger partial charge < -0.3 is 8.83 Å². The van der Waals surface area contributed by atoms with E-state index in [0.717, 1.165) is 10.9 Å². The third kappa shape index (κ3) is 2.25. The number of allylic oxidation sites excluding steroid dienone is 1. The van der Waals surface area contributed by atoms with Crippen molar-refractivity contribution in [2.24, 2.45) is 0 Å². The summed E-state index contributed by atoms with van der Waals surface area (Å²) in [5.41, 5.74) is 2.73. The maximum atomic E-state index is 12.4. The molecule has 2 aromatic heterocycles. The van der Waals surface area contributed by atoms with Crippen LogP contribution in [0, 0.1) is 0 Å². The van der Waals surface area contributed by atoms with E-state index >= 15 is 0 Å². The summed E-state index contributed by atoms with van der Waals surface area (Å²) in [6, 6.07) is 14.9. The molecule has 0 atom stereocenters. The lowest BCUT2D eigenvalue weighted by molar-refractivity contribution is 0.551. The second kappa shape index (κ2) is 5.25.